The lowest BCUT2D eigenvalue weighted by Gasteiger charge is -2.17. The van der Waals surface area contributed by atoms with E-state index in [1.165, 1.54) is 24.0 Å². The van der Waals surface area contributed by atoms with Gasteiger partial charge in [-0.05, 0) is 36.9 Å². The molecule has 0 bridgehead atoms. The summed E-state index contributed by atoms with van der Waals surface area (Å²) in [4.78, 5) is 4.44. The van der Waals surface area contributed by atoms with Gasteiger partial charge in [-0.2, -0.15) is 0 Å². The van der Waals surface area contributed by atoms with Crippen LogP contribution in [0.25, 0.3) is 0 Å². The van der Waals surface area contributed by atoms with E-state index in [0.29, 0.717) is 0 Å². The van der Waals surface area contributed by atoms with Crippen LogP contribution in [0.2, 0.25) is 0 Å². The lowest BCUT2D eigenvalue weighted by Crippen LogP contribution is -2.18. The number of hydrogen-bond donors (Lipinski definition) is 1. The maximum atomic E-state index is 4.44. The largest absolute Gasteiger partial charge is 0.307 e. The van der Waals surface area contributed by atoms with Gasteiger partial charge < -0.3 is 5.32 Å². The van der Waals surface area contributed by atoms with Crippen LogP contribution in [0.4, 0.5) is 0 Å². The molecule has 1 aromatic carbocycles. The van der Waals surface area contributed by atoms with E-state index >= 15 is 0 Å². The molecule has 2 nitrogen and oxygen atoms in total. The Bertz CT molecular complexity index is 489. The van der Waals surface area contributed by atoms with E-state index in [9.17, 15) is 0 Å². The number of thiazole rings is 1. The molecule has 1 atom stereocenters. The highest BCUT2D eigenvalue weighted by molar-refractivity contribution is 7.09. The van der Waals surface area contributed by atoms with Crippen molar-refractivity contribution >= 4 is 11.3 Å². The monoisotopic (exact) mass is 244 g/mol. The number of nitrogens with one attached hydrogen (secondary N) is 1. The average molecular weight is 244 g/mol. The SMILES string of the molecule is CNC(c1nccs1)c1ccccc1C1CC1. The first-order chi connectivity index (χ1) is 8.40. The van der Waals surface area contributed by atoms with Crippen molar-refractivity contribution in [3.05, 3.63) is 52.0 Å². The Kier molecular flexibility index (Phi) is 2.95. The van der Waals surface area contributed by atoms with Gasteiger partial charge in [0.05, 0.1) is 6.04 Å². The average Bonchev–Trinajstić information content (AvgIpc) is 3.08. The van der Waals surface area contributed by atoms with Crippen LogP contribution in [0, 0.1) is 0 Å². The zero-order valence-electron chi connectivity index (χ0n) is 9.89. The van der Waals surface area contributed by atoms with Gasteiger partial charge >= 0.3 is 0 Å². The van der Waals surface area contributed by atoms with Crippen LogP contribution in [-0.2, 0) is 0 Å². The third-order valence-corrected chi connectivity index (χ3v) is 4.15. The summed E-state index contributed by atoms with van der Waals surface area (Å²) in [6.07, 6.45) is 4.56. The van der Waals surface area contributed by atoms with Crippen LogP contribution in [-0.4, -0.2) is 12.0 Å². The summed E-state index contributed by atoms with van der Waals surface area (Å²) < 4.78 is 0. The number of hydrogen-bond acceptors (Lipinski definition) is 3. The Morgan fingerprint density at radius 2 is 2.18 bits per heavy atom. The van der Waals surface area contributed by atoms with Crippen molar-refractivity contribution in [1.29, 1.82) is 0 Å². The second kappa shape index (κ2) is 4.59. The van der Waals surface area contributed by atoms with Gasteiger partial charge in [0.15, 0.2) is 0 Å². The van der Waals surface area contributed by atoms with Gasteiger partial charge in [-0.1, -0.05) is 24.3 Å². The van der Waals surface area contributed by atoms with Crippen LogP contribution in [0.5, 0.6) is 0 Å². The van der Waals surface area contributed by atoms with Crippen molar-refractivity contribution in [2.45, 2.75) is 24.8 Å². The highest BCUT2D eigenvalue weighted by Gasteiger charge is 2.28. The third-order valence-electron chi connectivity index (χ3n) is 3.31. The lowest BCUT2D eigenvalue weighted by atomic mass is 9.97. The summed E-state index contributed by atoms with van der Waals surface area (Å²) >= 11 is 1.72. The number of nitrogens with zero attached hydrogens (tertiary/aromatic N) is 1. The molecule has 0 saturated heterocycles. The Hall–Kier alpha value is -1.19. The summed E-state index contributed by atoms with van der Waals surface area (Å²) in [6.45, 7) is 0. The summed E-state index contributed by atoms with van der Waals surface area (Å²) in [6, 6.07) is 9.01. The Labute approximate surface area is 106 Å². The van der Waals surface area contributed by atoms with Crippen molar-refractivity contribution < 1.29 is 0 Å². The van der Waals surface area contributed by atoms with Gasteiger partial charge in [-0.15, -0.1) is 11.3 Å². The molecule has 1 aromatic heterocycles. The minimum Gasteiger partial charge on any atom is -0.307 e. The fourth-order valence-electron chi connectivity index (χ4n) is 2.33. The number of benzene rings is 1. The molecule has 1 fully saturated rings. The van der Waals surface area contributed by atoms with Crippen molar-refractivity contribution in [2.75, 3.05) is 7.05 Å². The zero-order chi connectivity index (χ0) is 11.7. The second-order valence-electron chi connectivity index (χ2n) is 4.50. The Morgan fingerprint density at radius 3 is 2.82 bits per heavy atom. The summed E-state index contributed by atoms with van der Waals surface area (Å²) in [5.74, 6) is 0.780. The highest BCUT2D eigenvalue weighted by Crippen LogP contribution is 2.43. The van der Waals surface area contributed by atoms with Crippen molar-refractivity contribution in [2.24, 2.45) is 0 Å². The molecule has 0 spiro atoms. The van der Waals surface area contributed by atoms with E-state index in [4.69, 9.17) is 0 Å². The predicted molar refractivity (Wildman–Crippen MR) is 71.4 cm³/mol. The van der Waals surface area contributed by atoms with E-state index in [2.05, 4.69) is 34.6 Å². The molecular formula is C14H16N2S. The van der Waals surface area contributed by atoms with E-state index in [1.807, 2.05) is 18.6 Å². The third kappa shape index (κ3) is 2.13. The molecule has 88 valence electrons. The molecule has 1 aliphatic rings. The van der Waals surface area contributed by atoms with Crippen LogP contribution in [0.1, 0.15) is 40.9 Å². The second-order valence-corrected chi connectivity index (χ2v) is 5.42. The molecule has 1 aliphatic carbocycles. The smallest absolute Gasteiger partial charge is 0.114 e. The molecule has 2 aromatic rings. The first-order valence-corrected chi connectivity index (χ1v) is 6.93. The maximum Gasteiger partial charge on any atom is 0.114 e. The van der Waals surface area contributed by atoms with Crippen molar-refractivity contribution in [3.8, 4) is 0 Å². The molecule has 1 N–H and O–H groups in total. The molecular weight excluding hydrogens is 228 g/mol. The standard InChI is InChI=1S/C14H16N2S/c1-15-13(14-16-8-9-17-14)12-5-3-2-4-11(12)10-6-7-10/h2-5,8-10,13,15H,6-7H2,1H3. The molecule has 3 heteroatoms. The van der Waals surface area contributed by atoms with Gasteiger partial charge in [-0.3, -0.25) is 0 Å². The van der Waals surface area contributed by atoms with E-state index < -0.39 is 0 Å². The van der Waals surface area contributed by atoms with Gasteiger partial charge in [-0.25, -0.2) is 4.98 Å². The Morgan fingerprint density at radius 1 is 1.35 bits per heavy atom. The normalized spacial score (nSPS) is 17.0. The lowest BCUT2D eigenvalue weighted by molar-refractivity contribution is 0.678. The van der Waals surface area contributed by atoms with E-state index in [0.717, 1.165) is 10.9 Å². The topological polar surface area (TPSA) is 24.9 Å². The predicted octanol–water partition coefficient (Wildman–Crippen LogP) is 3.33. The molecule has 0 amide bonds. The molecule has 17 heavy (non-hydrogen) atoms. The number of rotatable bonds is 4. The minimum atomic E-state index is 0.242. The van der Waals surface area contributed by atoms with E-state index in [1.54, 1.807) is 11.3 Å². The van der Waals surface area contributed by atoms with Gasteiger partial charge in [0.2, 0.25) is 0 Å². The van der Waals surface area contributed by atoms with Crippen LogP contribution in [0.3, 0.4) is 0 Å². The molecule has 0 radical (unpaired) electrons. The van der Waals surface area contributed by atoms with Crippen LogP contribution in [0.15, 0.2) is 35.8 Å². The molecule has 1 unspecified atom stereocenters. The van der Waals surface area contributed by atoms with Crippen molar-refractivity contribution in [3.63, 3.8) is 0 Å². The van der Waals surface area contributed by atoms with Gasteiger partial charge in [0.1, 0.15) is 5.01 Å². The molecule has 3 rings (SSSR count). The number of aromatic nitrogens is 1. The Balaban J connectivity index is 2.01. The maximum absolute atomic E-state index is 4.44. The molecule has 0 aliphatic heterocycles. The van der Waals surface area contributed by atoms with Crippen LogP contribution >= 0.6 is 11.3 Å². The first kappa shape index (κ1) is 10.9. The van der Waals surface area contributed by atoms with Crippen LogP contribution < -0.4 is 5.32 Å². The summed E-state index contributed by atoms with van der Waals surface area (Å²) in [7, 11) is 2.01. The molecule has 1 heterocycles. The first-order valence-electron chi connectivity index (χ1n) is 6.05. The van der Waals surface area contributed by atoms with Gasteiger partial charge in [0, 0.05) is 11.6 Å². The minimum absolute atomic E-state index is 0.242. The zero-order valence-corrected chi connectivity index (χ0v) is 10.7. The summed E-state index contributed by atoms with van der Waals surface area (Å²) in [5.41, 5.74) is 2.90. The van der Waals surface area contributed by atoms with Gasteiger partial charge in [0.25, 0.3) is 0 Å². The molecule has 1 saturated carbocycles. The quantitative estimate of drug-likeness (QED) is 0.892. The fraction of sp³-hybridized carbons (Fsp3) is 0.357. The summed E-state index contributed by atoms with van der Waals surface area (Å²) in [5, 5.41) is 6.59. The highest BCUT2D eigenvalue weighted by atomic mass is 32.1. The fourth-order valence-corrected chi connectivity index (χ4v) is 3.09. The van der Waals surface area contributed by atoms with Crippen molar-refractivity contribution in [1.82, 2.24) is 10.3 Å². The van der Waals surface area contributed by atoms with E-state index in [-0.39, 0.29) is 6.04 Å².